The molecule has 0 atom stereocenters. The molecule has 0 aliphatic heterocycles. The van der Waals surface area contributed by atoms with Crippen molar-refractivity contribution < 1.29 is 0 Å². The number of aromatic amines is 1. The summed E-state index contributed by atoms with van der Waals surface area (Å²) < 4.78 is 1.19. The van der Waals surface area contributed by atoms with Gasteiger partial charge in [-0.05, 0) is 41.2 Å². The van der Waals surface area contributed by atoms with Gasteiger partial charge < -0.3 is 5.32 Å². The topological polar surface area (TPSA) is 40.7 Å². The molecule has 2 heterocycles. The smallest absolute Gasteiger partial charge is 0.0638 e. The number of nitrogens with one attached hydrogen (secondary N) is 2. The van der Waals surface area contributed by atoms with Crippen molar-refractivity contribution in [1.29, 1.82) is 0 Å². The zero-order valence-corrected chi connectivity index (χ0v) is 11.7. The lowest BCUT2D eigenvalue weighted by molar-refractivity contribution is 0.694. The summed E-state index contributed by atoms with van der Waals surface area (Å²) >= 11 is 5.29. The van der Waals surface area contributed by atoms with Crippen LogP contribution in [0.5, 0.6) is 0 Å². The van der Waals surface area contributed by atoms with Gasteiger partial charge in [0.05, 0.1) is 5.69 Å². The van der Waals surface area contributed by atoms with Gasteiger partial charge in [-0.15, -0.1) is 11.3 Å². The molecule has 0 aromatic carbocycles. The number of rotatable bonds is 4. The van der Waals surface area contributed by atoms with E-state index in [-0.39, 0.29) is 0 Å². The van der Waals surface area contributed by atoms with Crippen molar-refractivity contribution in [2.24, 2.45) is 0 Å². The largest absolute Gasteiger partial charge is 0.308 e. The summed E-state index contributed by atoms with van der Waals surface area (Å²) in [7, 11) is 0. The van der Waals surface area contributed by atoms with Gasteiger partial charge in [-0.2, -0.15) is 5.10 Å². The van der Waals surface area contributed by atoms with E-state index in [1.165, 1.54) is 14.9 Å². The van der Waals surface area contributed by atoms with E-state index in [0.717, 1.165) is 24.5 Å². The second-order valence-corrected chi connectivity index (χ2v) is 5.56. The van der Waals surface area contributed by atoms with Crippen molar-refractivity contribution in [3.63, 3.8) is 0 Å². The van der Waals surface area contributed by atoms with Gasteiger partial charge in [-0.1, -0.05) is 0 Å². The van der Waals surface area contributed by atoms with Crippen LogP contribution in [0.15, 0.2) is 15.9 Å². The van der Waals surface area contributed by atoms with Crippen molar-refractivity contribution in [2.75, 3.05) is 0 Å². The third-order valence-corrected chi connectivity index (χ3v) is 4.49. The van der Waals surface area contributed by atoms with Crippen molar-refractivity contribution >= 4 is 27.3 Å². The highest BCUT2D eigenvalue weighted by Crippen LogP contribution is 2.22. The molecule has 86 valence electrons. The average Bonchev–Trinajstić information content (AvgIpc) is 2.79. The van der Waals surface area contributed by atoms with Crippen LogP contribution in [-0.4, -0.2) is 10.2 Å². The van der Waals surface area contributed by atoms with Gasteiger partial charge in [0.2, 0.25) is 0 Å². The van der Waals surface area contributed by atoms with E-state index in [9.17, 15) is 0 Å². The molecule has 3 nitrogen and oxygen atoms in total. The number of H-pyrrole nitrogens is 1. The molecule has 0 aliphatic rings. The van der Waals surface area contributed by atoms with Crippen molar-refractivity contribution in [3.8, 4) is 0 Å². The molecule has 0 unspecified atom stereocenters. The molecule has 2 aromatic rings. The first-order valence-electron chi connectivity index (χ1n) is 5.11. The van der Waals surface area contributed by atoms with E-state index in [0.29, 0.717) is 0 Å². The van der Waals surface area contributed by atoms with Crippen LogP contribution in [0.1, 0.15) is 21.8 Å². The molecular formula is C11H14BrN3S. The highest BCUT2D eigenvalue weighted by atomic mass is 79.9. The molecule has 0 saturated carbocycles. The molecule has 5 heteroatoms. The Morgan fingerprint density at radius 2 is 2.25 bits per heavy atom. The molecule has 0 bridgehead atoms. The zero-order chi connectivity index (χ0) is 11.5. The van der Waals surface area contributed by atoms with Gasteiger partial charge in [0.25, 0.3) is 0 Å². The molecular weight excluding hydrogens is 286 g/mol. The lowest BCUT2D eigenvalue weighted by Gasteiger charge is -2.04. The van der Waals surface area contributed by atoms with Crippen LogP contribution in [0.2, 0.25) is 0 Å². The van der Waals surface area contributed by atoms with E-state index < -0.39 is 0 Å². The predicted molar refractivity (Wildman–Crippen MR) is 70.6 cm³/mol. The van der Waals surface area contributed by atoms with Gasteiger partial charge in [0.15, 0.2) is 0 Å². The summed E-state index contributed by atoms with van der Waals surface area (Å²) in [5.41, 5.74) is 3.50. The maximum Gasteiger partial charge on any atom is 0.0638 e. The molecule has 2 rings (SSSR count). The quantitative estimate of drug-likeness (QED) is 0.910. The maximum atomic E-state index is 4.18. The van der Waals surface area contributed by atoms with Crippen LogP contribution in [0, 0.1) is 13.8 Å². The normalized spacial score (nSPS) is 10.9. The van der Waals surface area contributed by atoms with Crippen LogP contribution < -0.4 is 5.32 Å². The molecule has 0 amide bonds. The van der Waals surface area contributed by atoms with Gasteiger partial charge in [-0.25, -0.2) is 0 Å². The van der Waals surface area contributed by atoms with E-state index in [1.807, 2.05) is 6.92 Å². The zero-order valence-electron chi connectivity index (χ0n) is 9.30. The molecule has 0 spiro atoms. The van der Waals surface area contributed by atoms with Crippen LogP contribution >= 0.6 is 27.3 Å². The Bertz CT molecular complexity index is 456. The average molecular weight is 300 g/mol. The van der Waals surface area contributed by atoms with Crippen LogP contribution in [0.3, 0.4) is 0 Å². The fourth-order valence-electron chi connectivity index (χ4n) is 1.59. The minimum absolute atomic E-state index is 0.860. The number of nitrogens with zero attached hydrogens (tertiary/aromatic N) is 1. The number of halogens is 1. The first-order chi connectivity index (χ1) is 7.68. The highest BCUT2D eigenvalue weighted by molar-refractivity contribution is 9.10. The maximum absolute atomic E-state index is 4.18. The monoisotopic (exact) mass is 299 g/mol. The Labute approximate surface area is 107 Å². The van der Waals surface area contributed by atoms with E-state index in [2.05, 4.69) is 49.8 Å². The highest BCUT2D eigenvalue weighted by Gasteiger charge is 2.06. The predicted octanol–water partition coefficient (Wildman–Crippen LogP) is 3.14. The van der Waals surface area contributed by atoms with E-state index in [4.69, 9.17) is 0 Å². The van der Waals surface area contributed by atoms with Crippen LogP contribution in [0.25, 0.3) is 0 Å². The number of hydrogen-bond donors (Lipinski definition) is 2. The third-order valence-electron chi connectivity index (χ3n) is 2.56. The Balaban J connectivity index is 1.92. The molecule has 0 saturated heterocycles. The minimum atomic E-state index is 0.860. The summed E-state index contributed by atoms with van der Waals surface area (Å²) in [6.45, 7) is 5.83. The summed E-state index contributed by atoms with van der Waals surface area (Å²) in [6, 6.07) is 2.08. The van der Waals surface area contributed by atoms with Gasteiger partial charge in [0, 0.05) is 33.7 Å². The van der Waals surface area contributed by atoms with Gasteiger partial charge in [-0.3, -0.25) is 5.10 Å². The number of hydrogen-bond acceptors (Lipinski definition) is 3. The summed E-state index contributed by atoms with van der Waals surface area (Å²) in [5.74, 6) is 0. The summed E-state index contributed by atoms with van der Waals surface area (Å²) in [5, 5.41) is 12.7. The van der Waals surface area contributed by atoms with Gasteiger partial charge in [0.1, 0.15) is 0 Å². The standard InChI is InChI=1S/C11H14BrN3S/c1-7-9(8(2)15-14-7)5-13-6-11-10(12)3-4-16-11/h3-4,13H,5-6H2,1-2H3,(H,14,15). The van der Waals surface area contributed by atoms with Crippen LogP contribution in [-0.2, 0) is 13.1 Å². The first kappa shape index (κ1) is 11.8. The second-order valence-electron chi connectivity index (χ2n) is 3.71. The molecule has 0 fully saturated rings. The Kier molecular flexibility index (Phi) is 3.78. The SMILES string of the molecule is Cc1n[nH]c(C)c1CNCc1sccc1Br. The Morgan fingerprint density at radius 1 is 1.44 bits per heavy atom. The summed E-state index contributed by atoms with van der Waals surface area (Å²) in [4.78, 5) is 1.33. The fourth-order valence-corrected chi connectivity index (χ4v) is 3.05. The van der Waals surface area contributed by atoms with Crippen molar-refractivity contribution in [3.05, 3.63) is 37.7 Å². The first-order valence-corrected chi connectivity index (χ1v) is 6.78. The van der Waals surface area contributed by atoms with Crippen LogP contribution in [0.4, 0.5) is 0 Å². The number of thiophene rings is 1. The fraction of sp³-hybridized carbons (Fsp3) is 0.364. The third kappa shape index (κ3) is 2.53. The number of aryl methyl sites for hydroxylation is 2. The van der Waals surface area contributed by atoms with Crippen molar-refractivity contribution in [1.82, 2.24) is 15.5 Å². The van der Waals surface area contributed by atoms with Crippen molar-refractivity contribution in [2.45, 2.75) is 26.9 Å². The molecule has 16 heavy (non-hydrogen) atoms. The Hall–Kier alpha value is -0.650. The van der Waals surface area contributed by atoms with E-state index >= 15 is 0 Å². The van der Waals surface area contributed by atoms with Gasteiger partial charge >= 0.3 is 0 Å². The molecule has 0 aliphatic carbocycles. The minimum Gasteiger partial charge on any atom is -0.308 e. The van der Waals surface area contributed by atoms with E-state index in [1.54, 1.807) is 11.3 Å². The molecule has 0 radical (unpaired) electrons. The number of aromatic nitrogens is 2. The lowest BCUT2D eigenvalue weighted by Crippen LogP contribution is -2.13. The molecule has 2 aromatic heterocycles. The lowest BCUT2D eigenvalue weighted by atomic mass is 10.2. The Morgan fingerprint density at radius 3 is 2.81 bits per heavy atom. The summed E-state index contributed by atoms with van der Waals surface area (Å²) in [6.07, 6.45) is 0. The molecule has 2 N–H and O–H groups in total. The second kappa shape index (κ2) is 5.12.